The maximum absolute atomic E-state index is 12.6. The van der Waals surface area contributed by atoms with Crippen molar-refractivity contribution in [3.63, 3.8) is 0 Å². The average molecular weight is 433 g/mol. The largest absolute Gasteiger partial charge is 0.367 e. The number of aromatic nitrogens is 4. The highest BCUT2D eigenvalue weighted by atomic mass is 32.2. The lowest BCUT2D eigenvalue weighted by atomic mass is 9.79. The van der Waals surface area contributed by atoms with Crippen LogP contribution < -0.4 is 10.6 Å². The van der Waals surface area contributed by atoms with Crippen LogP contribution in [-0.2, 0) is 11.3 Å². The van der Waals surface area contributed by atoms with Crippen molar-refractivity contribution in [2.75, 3.05) is 18.1 Å². The first kappa shape index (κ1) is 22.8. The minimum absolute atomic E-state index is 0.171. The molecule has 0 unspecified atom stereocenters. The quantitative estimate of drug-likeness (QED) is 0.425. The SMILES string of the molecule is CCCCC1CCC(C(=O)NCCn2ncc3c(NC(C)C)nc(SC)nc32)CC1. The molecule has 1 fully saturated rings. The summed E-state index contributed by atoms with van der Waals surface area (Å²) in [6.07, 6.45) is 12.1. The highest BCUT2D eigenvalue weighted by Gasteiger charge is 2.25. The summed E-state index contributed by atoms with van der Waals surface area (Å²) in [7, 11) is 0. The fraction of sp³-hybridized carbons (Fsp3) is 0.727. The van der Waals surface area contributed by atoms with E-state index in [0.29, 0.717) is 13.1 Å². The van der Waals surface area contributed by atoms with Crippen LogP contribution in [0.3, 0.4) is 0 Å². The third-order valence-corrected chi connectivity index (χ3v) is 6.44. The summed E-state index contributed by atoms with van der Waals surface area (Å²) < 4.78 is 1.87. The molecule has 2 heterocycles. The van der Waals surface area contributed by atoms with Gasteiger partial charge in [0.15, 0.2) is 10.8 Å². The lowest BCUT2D eigenvalue weighted by Crippen LogP contribution is -2.35. The van der Waals surface area contributed by atoms with Gasteiger partial charge in [0.1, 0.15) is 5.82 Å². The molecule has 0 spiro atoms. The van der Waals surface area contributed by atoms with E-state index in [1.807, 2.05) is 17.1 Å². The van der Waals surface area contributed by atoms with Crippen LogP contribution >= 0.6 is 11.8 Å². The lowest BCUT2D eigenvalue weighted by Gasteiger charge is -2.27. The van der Waals surface area contributed by atoms with Crippen LogP contribution in [-0.4, -0.2) is 44.5 Å². The molecule has 166 valence electrons. The molecule has 3 rings (SSSR count). The maximum atomic E-state index is 12.6. The van der Waals surface area contributed by atoms with Gasteiger partial charge >= 0.3 is 0 Å². The molecule has 0 aromatic carbocycles. The number of nitrogens with zero attached hydrogens (tertiary/aromatic N) is 4. The van der Waals surface area contributed by atoms with Crippen molar-refractivity contribution in [3.05, 3.63) is 6.20 Å². The minimum Gasteiger partial charge on any atom is -0.367 e. The number of carbonyl (C=O) groups is 1. The van der Waals surface area contributed by atoms with E-state index < -0.39 is 0 Å². The predicted molar refractivity (Wildman–Crippen MR) is 124 cm³/mol. The van der Waals surface area contributed by atoms with E-state index in [4.69, 9.17) is 0 Å². The molecule has 1 amide bonds. The Morgan fingerprint density at radius 1 is 1.27 bits per heavy atom. The van der Waals surface area contributed by atoms with E-state index in [1.165, 1.54) is 43.9 Å². The van der Waals surface area contributed by atoms with Crippen molar-refractivity contribution in [1.82, 2.24) is 25.1 Å². The summed E-state index contributed by atoms with van der Waals surface area (Å²) in [5.74, 6) is 2.00. The Morgan fingerprint density at radius 3 is 2.70 bits per heavy atom. The molecule has 0 atom stereocenters. The fourth-order valence-corrected chi connectivity index (χ4v) is 4.57. The monoisotopic (exact) mass is 432 g/mol. The molecule has 1 aliphatic carbocycles. The molecule has 2 N–H and O–H groups in total. The van der Waals surface area contributed by atoms with Crippen molar-refractivity contribution >= 4 is 34.5 Å². The van der Waals surface area contributed by atoms with Gasteiger partial charge < -0.3 is 10.6 Å². The first-order valence-electron chi connectivity index (χ1n) is 11.3. The predicted octanol–water partition coefficient (Wildman–Crippen LogP) is 4.48. The number of hydrogen-bond donors (Lipinski definition) is 2. The van der Waals surface area contributed by atoms with Gasteiger partial charge in [-0.15, -0.1) is 0 Å². The van der Waals surface area contributed by atoms with Gasteiger partial charge in [-0.25, -0.2) is 14.6 Å². The summed E-state index contributed by atoms with van der Waals surface area (Å²) >= 11 is 1.52. The molecule has 2 aromatic heterocycles. The summed E-state index contributed by atoms with van der Waals surface area (Å²) in [5, 5.41) is 12.6. The Kier molecular flexibility index (Phi) is 8.36. The number of hydrogen-bond acceptors (Lipinski definition) is 6. The zero-order valence-electron chi connectivity index (χ0n) is 18.8. The van der Waals surface area contributed by atoms with Crippen molar-refractivity contribution in [1.29, 1.82) is 0 Å². The molecule has 7 nitrogen and oxygen atoms in total. The molecule has 8 heteroatoms. The van der Waals surface area contributed by atoms with Crippen LogP contribution in [0, 0.1) is 11.8 Å². The van der Waals surface area contributed by atoms with Gasteiger partial charge in [0.2, 0.25) is 5.91 Å². The molecule has 0 radical (unpaired) electrons. The molecule has 0 aliphatic heterocycles. The topological polar surface area (TPSA) is 84.7 Å². The lowest BCUT2D eigenvalue weighted by molar-refractivity contribution is -0.126. The van der Waals surface area contributed by atoms with Gasteiger partial charge in [-0.05, 0) is 51.7 Å². The number of anilines is 1. The first-order chi connectivity index (χ1) is 14.5. The number of nitrogens with one attached hydrogen (secondary N) is 2. The second-order valence-electron chi connectivity index (χ2n) is 8.61. The number of unbranched alkanes of at least 4 members (excludes halogenated alkanes) is 1. The Labute approximate surface area is 184 Å². The minimum atomic E-state index is 0.171. The van der Waals surface area contributed by atoms with Crippen LogP contribution in [0.2, 0.25) is 0 Å². The van der Waals surface area contributed by atoms with E-state index >= 15 is 0 Å². The number of amides is 1. The van der Waals surface area contributed by atoms with E-state index in [-0.39, 0.29) is 17.9 Å². The Balaban J connectivity index is 1.55. The van der Waals surface area contributed by atoms with E-state index in [1.54, 1.807) is 0 Å². The Hall–Kier alpha value is -1.83. The van der Waals surface area contributed by atoms with Crippen molar-refractivity contribution in [2.24, 2.45) is 11.8 Å². The van der Waals surface area contributed by atoms with Crippen molar-refractivity contribution in [3.8, 4) is 0 Å². The summed E-state index contributed by atoms with van der Waals surface area (Å²) in [5.41, 5.74) is 0.809. The Morgan fingerprint density at radius 2 is 2.03 bits per heavy atom. The molecule has 1 saturated carbocycles. The normalized spacial score (nSPS) is 19.4. The molecule has 30 heavy (non-hydrogen) atoms. The smallest absolute Gasteiger partial charge is 0.223 e. The average Bonchev–Trinajstić information content (AvgIpc) is 3.15. The third kappa shape index (κ3) is 5.86. The molecule has 0 bridgehead atoms. The van der Waals surface area contributed by atoms with E-state index in [0.717, 1.165) is 40.8 Å². The van der Waals surface area contributed by atoms with Crippen LogP contribution in [0.4, 0.5) is 5.82 Å². The van der Waals surface area contributed by atoms with Crippen LogP contribution in [0.5, 0.6) is 0 Å². The van der Waals surface area contributed by atoms with Crippen LogP contribution in [0.1, 0.15) is 65.7 Å². The molecule has 2 aromatic rings. The Bertz CT molecular complexity index is 828. The summed E-state index contributed by atoms with van der Waals surface area (Å²) in [6.45, 7) is 7.59. The maximum Gasteiger partial charge on any atom is 0.223 e. The van der Waals surface area contributed by atoms with Crippen molar-refractivity contribution in [2.45, 2.75) is 83.5 Å². The van der Waals surface area contributed by atoms with Gasteiger partial charge in [0.25, 0.3) is 0 Å². The van der Waals surface area contributed by atoms with Gasteiger partial charge in [-0.2, -0.15) is 5.10 Å². The standard InChI is InChI=1S/C22H36N6OS/c1-5-6-7-16-8-10-17(11-9-16)21(29)23-12-13-28-20-18(14-24-28)19(25-15(2)3)26-22(27-20)30-4/h14-17H,5-13H2,1-4H3,(H,23,29)(H,25,26,27). The second kappa shape index (κ2) is 11.0. The van der Waals surface area contributed by atoms with Gasteiger partial charge in [-0.1, -0.05) is 37.9 Å². The molecule has 0 saturated heterocycles. The van der Waals surface area contributed by atoms with Crippen LogP contribution in [0.15, 0.2) is 11.4 Å². The molecular weight excluding hydrogens is 396 g/mol. The van der Waals surface area contributed by atoms with Crippen molar-refractivity contribution < 1.29 is 4.79 Å². The highest BCUT2D eigenvalue weighted by molar-refractivity contribution is 7.98. The summed E-state index contributed by atoms with van der Waals surface area (Å²) in [4.78, 5) is 21.8. The third-order valence-electron chi connectivity index (χ3n) is 5.89. The van der Waals surface area contributed by atoms with Gasteiger partial charge in [-0.3, -0.25) is 4.79 Å². The van der Waals surface area contributed by atoms with E-state index in [9.17, 15) is 4.79 Å². The summed E-state index contributed by atoms with van der Waals surface area (Å²) in [6, 6.07) is 0.275. The second-order valence-corrected chi connectivity index (χ2v) is 9.39. The molecular formula is C22H36N6OS. The molecule has 1 aliphatic rings. The number of fused-ring (bicyclic) bond motifs is 1. The zero-order chi connectivity index (χ0) is 21.5. The van der Waals surface area contributed by atoms with E-state index in [2.05, 4.69) is 46.5 Å². The number of carbonyl (C=O) groups excluding carboxylic acids is 1. The number of rotatable bonds is 10. The van der Waals surface area contributed by atoms with Gasteiger partial charge in [0.05, 0.1) is 18.1 Å². The van der Waals surface area contributed by atoms with Gasteiger partial charge in [0, 0.05) is 18.5 Å². The number of thioether (sulfide) groups is 1. The fourth-order valence-electron chi connectivity index (χ4n) is 4.21. The zero-order valence-corrected chi connectivity index (χ0v) is 19.6. The van der Waals surface area contributed by atoms with Crippen LogP contribution in [0.25, 0.3) is 11.0 Å². The highest BCUT2D eigenvalue weighted by Crippen LogP contribution is 2.32. The first-order valence-corrected chi connectivity index (χ1v) is 12.6.